The molecule has 9 rings (SSSR count). The third-order valence-electron chi connectivity index (χ3n) is 9.05. The summed E-state index contributed by atoms with van der Waals surface area (Å²) in [6.07, 6.45) is 1.84. The SMILES string of the molecule is Cc1cc(Oc2ccc3c4ccccc4n(-c4ccccn4)c3c2)cc([N@@+]23[CH-][N@@+](C)(C2)c2cc(C(C)(C)C)ccc23)c1. The van der Waals surface area contributed by atoms with Crippen molar-refractivity contribution in [3.05, 3.63) is 121 Å². The Kier molecular flexibility index (Phi) is 5.14. The molecule has 0 aliphatic carbocycles. The summed E-state index contributed by atoms with van der Waals surface area (Å²) >= 11 is 0. The van der Waals surface area contributed by atoms with Crippen molar-refractivity contribution in [2.24, 2.45) is 0 Å². The van der Waals surface area contributed by atoms with Crippen LogP contribution in [0, 0.1) is 13.6 Å². The highest BCUT2D eigenvalue weighted by Gasteiger charge is 2.59. The fourth-order valence-corrected chi connectivity index (χ4v) is 7.08. The fraction of sp³-hybridized carbons (Fsp3) is 0.189. The Morgan fingerprint density at radius 3 is 2.36 bits per heavy atom. The minimum atomic E-state index is 0.121. The molecule has 0 spiro atoms. The van der Waals surface area contributed by atoms with Gasteiger partial charge in [-0.1, -0.05) is 51.1 Å². The molecule has 3 aliphatic heterocycles. The van der Waals surface area contributed by atoms with Crippen molar-refractivity contribution in [3.8, 4) is 17.3 Å². The highest BCUT2D eigenvalue weighted by atomic mass is 16.5. The average Bonchev–Trinajstić information content (AvgIpc) is 3.51. The first-order chi connectivity index (χ1) is 20.1. The third kappa shape index (κ3) is 3.60. The number of aromatic nitrogens is 2. The van der Waals surface area contributed by atoms with Crippen molar-refractivity contribution in [1.29, 1.82) is 0 Å². The lowest BCUT2D eigenvalue weighted by atomic mass is 9.86. The van der Waals surface area contributed by atoms with Crippen LogP contribution in [0.15, 0.2) is 103 Å². The number of benzene rings is 4. The number of quaternary nitrogens is 2. The van der Waals surface area contributed by atoms with E-state index < -0.39 is 0 Å². The molecule has 0 saturated carbocycles. The van der Waals surface area contributed by atoms with E-state index in [9.17, 15) is 0 Å². The van der Waals surface area contributed by atoms with Crippen molar-refractivity contribution in [3.63, 3.8) is 0 Å². The molecule has 2 bridgehead atoms. The first-order valence-electron chi connectivity index (χ1n) is 14.7. The van der Waals surface area contributed by atoms with Crippen LogP contribution in [-0.4, -0.2) is 23.3 Å². The summed E-state index contributed by atoms with van der Waals surface area (Å²) in [7, 11) is 2.32. The quantitative estimate of drug-likeness (QED) is 0.161. The second kappa shape index (κ2) is 8.54. The highest BCUT2D eigenvalue weighted by Crippen LogP contribution is 2.61. The maximum Gasteiger partial charge on any atom is 0.181 e. The number of rotatable bonds is 4. The molecule has 42 heavy (non-hydrogen) atoms. The Bertz CT molecular complexity index is 2030. The number of fused-ring (bicyclic) bond motifs is 3. The van der Waals surface area contributed by atoms with Gasteiger partial charge in [0.25, 0.3) is 0 Å². The highest BCUT2D eigenvalue weighted by molar-refractivity contribution is 6.09. The van der Waals surface area contributed by atoms with Crippen LogP contribution >= 0.6 is 0 Å². The van der Waals surface area contributed by atoms with Crippen LogP contribution in [0.2, 0.25) is 0 Å². The van der Waals surface area contributed by atoms with Gasteiger partial charge in [-0.15, -0.1) is 0 Å². The van der Waals surface area contributed by atoms with Crippen LogP contribution in [0.5, 0.6) is 11.5 Å². The lowest BCUT2D eigenvalue weighted by Crippen LogP contribution is -2.68. The normalized spacial score (nSPS) is 21.0. The molecule has 0 amide bonds. The maximum atomic E-state index is 6.63. The van der Waals surface area contributed by atoms with Crippen molar-refractivity contribution < 1.29 is 4.74 Å². The smallest absolute Gasteiger partial charge is 0.181 e. The molecule has 0 radical (unpaired) electrons. The van der Waals surface area contributed by atoms with E-state index in [1.165, 1.54) is 39.0 Å². The Labute approximate surface area is 247 Å². The van der Waals surface area contributed by atoms with Gasteiger partial charge in [-0.05, 0) is 59.9 Å². The molecule has 2 aromatic heterocycles. The predicted molar refractivity (Wildman–Crippen MR) is 173 cm³/mol. The molecule has 5 heteroatoms. The van der Waals surface area contributed by atoms with E-state index >= 15 is 0 Å². The van der Waals surface area contributed by atoms with Gasteiger partial charge in [0.2, 0.25) is 0 Å². The number of ether oxygens (including phenoxy) is 1. The van der Waals surface area contributed by atoms with Crippen LogP contribution in [-0.2, 0) is 5.41 Å². The Morgan fingerprint density at radius 2 is 1.57 bits per heavy atom. The van der Waals surface area contributed by atoms with Gasteiger partial charge in [-0.2, -0.15) is 0 Å². The molecule has 5 heterocycles. The monoisotopic (exact) mass is 551 g/mol. The van der Waals surface area contributed by atoms with E-state index in [4.69, 9.17) is 4.74 Å². The van der Waals surface area contributed by atoms with E-state index in [-0.39, 0.29) is 5.41 Å². The summed E-state index contributed by atoms with van der Waals surface area (Å²) in [6.45, 7) is 12.5. The predicted octanol–water partition coefficient (Wildman–Crippen LogP) is 9.26. The van der Waals surface area contributed by atoms with Crippen molar-refractivity contribution in [2.75, 3.05) is 13.7 Å². The van der Waals surface area contributed by atoms with E-state index in [0.717, 1.165) is 44.0 Å². The number of pyridine rings is 1. The summed E-state index contributed by atoms with van der Waals surface area (Å²) in [5.41, 5.74) is 8.91. The van der Waals surface area contributed by atoms with Crippen LogP contribution in [0.4, 0.5) is 17.1 Å². The number of aryl methyl sites for hydroxylation is 1. The summed E-state index contributed by atoms with van der Waals surface area (Å²) < 4.78 is 10.5. The van der Waals surface area contributed by atoms with Gasteiger partial charge in [0.15, 0.2) is 18.0 Å². The second-order valence-electron chi connectivity index (χ2n) is 13.2. The lowest BCUT2D eigenvalue weighted by molar-refractivity contribution is 0.157. The summed E-state index contributed by atoms with van der Waals surface area (Å²) in [5.74, 6) is 2.56. The van der Waals surface area contributed by atoms with Gasteiger partial charge in [0.05, 0.1) is 24.7 Å². The van der Waals surface area contributed by atoms with E-state index in [1.54, 1.807) is 0 Å². The zero-order chi connectivity index (χ0) is 28.9. The van der Waals surface area contributed by atoms with Gasteiger partial charge in [-0.25, -0.2) is 4.98 Å². The molecule has 1 saturated heterocycles. The van der Waals surface area contributed by atoms with Crippen LogP contribution < -0.4 is 13.7 Å². The fourth-order valence-electron chi connectivity index (χ4n) is 7.08. The van der Waals surface area contributed by atoms with Crippen molar-refractivity contribution in [1.82, 2.24) is 18.5 Å². The molecular weight excluding hydrogens is 516 g/mol. The second-order valence-corrected chi connectivity index (χ2v) is 13.2. The maximum absolute atomic E-state index is 6.63. The molecule has 208 valence electrons. The number of hydrogen-bond donors (Lipinski definition) is 0. The topological polar surface area (TPSA) is 27.1 Å². The minimum Gasteiger partial charge on any atom is -0.457 e. The molecule has 4 aromatic carbocycles. The van der Waals surface area contributed by atoms with Crippen molar-refractivity contribution >= 4 is 38.9 Å². The lowest BCUT2D eigenvalue weighted by Gasteiger charge is -2.54. The van der Waals surface area contributed by atoms with Gasteiger partial charge in [0.1, 0.15) is 23.0 Å². The average molecular weight is 552 g/mol. The Balaban J connectivity index is 1.20. The first-order valence-corrected chi connectivity index (χ1v) is 14.7. The zero-order valence-electron chi connectivity index (χ0n) is 24.8. The number of nitrogens with zero attached hydrogens (tertiary/aromatic N) is 4. The van der Waals surface area contributed by atoms with E-state index in [1.807, 2.05) is 18.3 Å². The number of para-hydroxylation sites is 1. The summed E-state index contributed by atoms with van der Waals surface area (Å²) in [6, 6.07) is 34.6. The van der Waals surface area contributed by atoms with Gasteiger partial charge < -0.3 is 9.22 Å². The molecule has 5 nitrogen and oxygen atoms in total. The molecule has 1 fully saturated rings. The zero-order valence-corrected chi connectivity index (χ0v) is 24.8. The van der Waals surface area contributed by atoms with Crippen molar-refractivity contribution in [2.45, 2.75) is 33.1 Å². The van der Waals surface area contributed by atoms with E-state index in [0.29, 0.717) is 0 Å². The van der Waals surface area contributed by atoms with Crippen LogP contribution in [0.1, 0.15) is 31.9 Å². The Morgan fingerprint density at radius 1 is 0.786 bits per heavy atom. The molecule has 3 aliphatic rings. The van der Waals surface area contributed by atoms with Gasteiger partial charge >= 0.3 is 0 Å². The van der Waals surface area contributed by atoms with Crippen LogP contribution in [0.3, 0.4) is 0 Å². The molecular formula is C37H35N4O+. The van der Waals surface area contributed by atoms with Crippen LogP contribution in [0.25, 0.3) is 27.6 Å². The van der Waals surface area contributed by atoms with Gasteiger partial charge in [0, 0.05) is 47.3 Å². The minimum absolute atomic E-state index is 0.121. The molecule has 6 aromatic rings. The summed E-state index contributed by atoms with van der Waals surface area (Å²) in [5, 5.41) is 2.39. The first kappa shape index (κ1) is 25.3. The van der Waals surface area contributed by atoms with E-state index in [2.05, 4.69) is 136 Å². The molecule has 0 N–H and O–H groups in total. The Hall–Kier alpha value is -4.45. The molecule has 2 atom stereocenters. The largest absolute Gasteiger partial charge is 0.457 e. The summed E-state index contributed by atoms with van der Waals surface area (Å²) in [4.78, 5) is 4.67. The molecule has 0 unspecified atom stereocenters. The number of hydrogen-bond acceptors (Lipinski definition) is 2. The standard InChI is InChI=1S/C37H35N4O/c1-25-18-27(41-23-40(5,24-41)35-20-26(37(2,3)4)13-16-34(35)41)21-29(19-25)42-28-14-15-31-30-10-6-7-11-32(30)39(33(31)22-28)36-12-8-9-17-38-36/h6-23H,24H2,1-5H3/q+1/t40-,41+/m0/s1. The van der Waals surface area contributed by atoms with Gasteiger partial charge in [-0.3, -0.25) is 9.05 Å². The third-order valence-corrected chi connectivity index (χ3v) is 9.05.